The number of thiol groups is 1. The molecule has 0 aliphatic rings. The number of nitrogens with one attached hydrogen (secondary N) is 1. The van der Waals surface area contributed by atoms with Crippen molar-refractivity contribution < 1.29 is 30.6 Å². The number of sulfone groups is 1. The van der Waals surface area contributed by atoms with Crippen LogP contribution in [0.4, 0.5) is 10.1 Å². The first-order valence-corrected chi connectivity index (χ1v) is 18.0. The predicted molar refractivity (Wildman–Crippen MR) is 173 cm³/mol. The van der Waals surface area contributed by atoms with Gasteiger partial charge in [-0.15, -0.1) is 4.72 Å². The fraction of sp³-hybridized carbons (Fsp3) is 0.379. The summed E-state index contributed by atoms with van der Waals surface area (Å²) in [6.07, 6.45) is 1.43. The van der Waals surface area contributed by atoms with Crippen molar-refractivity contribution in [2.75, 3.05) is 22.4 Å². The lowest BCUT2D eigenvalue weighted by atomic mass is 9.90. The Kier molecular flexibility index (Phi) is 11.5. The molecule has 0 aliphatic carbocycles. The highest BCUT2D eigenvalue weighted by atomic mass is 35.5. The highest BCUT2D eigenvalue weighted by molar-refractivity contribution is 7.91. The highest BCUT2D eigenvalue weighted by Gasteiger charge is 2.31. The van der Waals surface area contributed by atoms with E-state index in [0.717, 1.165) is 12.1 Å². The van der Waals surface area contributed by atoms with Crippen LogP contribution < -0.4 is 14.6 Å². The van der Waals surface area contributed by atoms with Gasteiger partial charge in [-0.05, 0) is 75.2 Å². The summed E-state index contributed by atoms with van der Waals surface area (Å²) >= 11 is 4.42. The smallest absolute Gasteiger partial charge is 0.250 e. The second kappa shape index (κ2) is 14.1. The zero-order valence-corrected chi connectivity index (χ0v) is 28.4. The molecule has 44 heavy (non-hydrogen) atoms. The highest BCUT2D eigenvalue weighted by Crippen LogP contribution is 2.36. The number of pyridine rings is 1. The van der Waals surface area contributed by atoms with E-state index in [1.54, 1.807) is 27.7 Å². The molecule has 3 rings (SSSR count). The van der Waals surface area contributed by atoms with Crippen molar-refractivity contribution in [3.8, 4) is 11.1 Å². The van der Waals surface area contributed by atoms with E-state index in [0.29, 0.717) is 14.9 Å². The summed E-state index contributed by atoms with van der Waals surface area (Å²) in [4.78, 5) is 26.6. The summed E-state index contributed by atoms with van der Waals surface area (Å²) in [5.41, 5.74) is -0.231. The predicted octanol–water partition coefficient (Wildman–Crippen LogP) is 3.96. The topological polar surface area (TPSA) is 146 Å². The van der Waals surface area contributed by atoms with E-state index < -0.39 is 78.0 Å². The number of ketones is 1. The third-order valence-corrected chi connectivity index (χ3v) is 11.3. The van der Waals surface area contributed by atoms with Crippen molar-refractivity contribution in [3.05, 3.63) is 86.5 Å². The van der Waals surface area contributed by atoms with Crippen molar-refractivity contribution in [2.24, 2.45) is 7.05 Å². The average molecular weight is 688 g/mol. The number of rotatable bonds is 12. The van der Waals surface area contributed by atoms with Gasteiger partial charge >= 0.3 is 0 Å². The number of anilines is 1. The Bertz CT molecular complexity index is 1780. The van der Waals surface area contributed by atoms with E-state index in [-0.39, 0.29) is 28.0 Å². The van der Waals surface area contributed by atoms with Crippen LogP contribution in [0.5, 0.6) is 0 Å². The second-order valence-corrected chi connectivity index (χ2v) is 17.0. The van der Waals surface area contributed by atoms with Crippen LogP contribution in [0.3, 0.4) is 0 Å². The first-order chi connectivity index (χ1) is 20.4. The zero-order chi connectivity index (χ0) is 33.1. The molecule has 1 N–H and O–H groups in total. The Morgan fingerprint density at radius 2 is 1.77 bits per heavy atom. The molecule has 0 bridgehead atoms. The van der Waals surface area contributed by atoms with E-state index in [4.69, 9.17) is 11.6 Å². The van der Waals surface area contributed by atoms with Gasteiger partial charge in [-0.1, -0.05) is 18.5 Å². The first-order valence-electron chi connectivity index (χ1n) is 13.5. The van der Waals surface area contributed by atoms with Gasteiger partial charge in [0.15, 0.2) is 15.6 Å². The van der Waals surface area contributed by atoms with Crippen molar-refractivity contribution in [1.29, 1.82) is 0 Å². The number of hydrogen-bond donors (Lipinski definition) is 2. The number of carbonyl (C=O) groups excluding carboxylic acids is 1. The molecule has 0 saturated heterocycles. The average Bonchev–Trinajstić information content (AvgIpc) is 2.94. The lowest BCUT2D eigenvalue weighted by molar-refractivity contribution is 0.103. The van der Waals surface area contributed by atoms with Crippen molar-refractivity contribution in [1.82, 2.24) is 9.29 Å². The minimum Gasteiger partial charge on any atom is -0.598 e. The molecule has 240 valence electrons. The quantitative estimate of drug-likeness (QED) is 0.165. The van der Waals surface area contributed by atoms with Gasteiger partial charge in [0.1, 0.15) is 10.6 Å². The molecule has 3 aromatic rings. The maximum atomic E-state index is 15.8. The van der Waals surface area contributed by atoms with Gasteiger partial charge < -0.3 is 9.12 Å². The van der Waals surface area contributed by atoms with E-state index in [1.807, 2.05) is 0 Å². The summed E-state index contributed by atoms with van der Waals surface area (Å²) in [5.74, 6) is -2.49. The molecule has 10 nitrogen and oxygen atoms in total. The molecular weight excluding hydrogens is 653 g/mol. The molecule has 0 aliphatic heterocycles. The van der Waals surface area contributed by atoms with E-state index in [1.165, 1.54) is 55.1 Å². The minimum absolute atomic E-state index is 0.0716. The number of benzene rings is 2. The number of carbonyl (C=O) groups is 1. The maximum absolute atomic E-state index is 15.8. The fourth-order valence-electron chi connectivity index (χ4n) is 4.22. The SMILES string of the molecule is CCS(=O)(=O)CCN(c1cc(-c2cn(C)c(=O)cc2[C@H](C)N[S+]([O-])C(C)(C)C)c(C(=O)c2ccc(Cl)cc2)cc1F)[SH](=O)=O. The molecule has 1 unspecified atom stereocenters. The van der Waals surface area contributed by atoms with Crippen LogP contribution in [-0.2, 0) is 39.1 Å². The third-order valence-electron chi connectivity index (χ3n) is 6.82. The molecule has 2 atom stereocenters. The number of aromatic nitrogens is 1. The minimum atomic E-state index is -3.62. The van der Waals surface area contributed by atoms with Crippen LogP contribution in [0.15, 0.2) is 53.5 Å². The van der Waals surface area contributed by atoms with Gasteiger partial charge in [0.2, 0.25) is 10.9 Å². The van der Waals surface area contributed by atoms with E-state index in [2.05, 4.69) is 4.72 Å². The molecule has 0 radical (unpaired) electrons. The second-order valence-electron chi connectivity index (χ2n) is 11.1. The molecule has 1 heterocycles. The summed E-state index contributed by atoms with van der Waals surface area (Å²) in [5, 5.41) is 0.368. The Labute approximate surface area is 266 Å². The lowest BCUT2D eigenvalue weighted by Gasteiger charge is -2.28. The molecule has 1 aromatic heterocycles. The molecule has 15 heteroatoms. The monoisotopic (exact) mass is 687 g/mol. The van der Waals surface area contributed by atoms with Crippen LogP contribution in [0.2, 0.25) is 5.02 Å². The van der Waals surface area contributed by atoms with Crippen molar-refractivity contribution in [3.63, 3.8) is 0 Å². The summed E-state index contributed by atoms with van der Waals surface area (Å²) in [7, 11) is -5.64. The first kappa shape index (κ1) is 35.7. The van der Waals surface area contributed by atoms with Gasteiger partial charge in [-0.3, -0.25) is 13.9 Å². The summed E-state index contributed by atoms with van der Waals surface area (Å²) in [6, 6.07) is 8.51. The third kappa shape index (κ3) is 8.49. The Hall–Kier alpha value is -2.75. The molecule has 2 aromatic carbocycles. The van der Waals surface area contributed by atoms with Crippen LogP contribution in [0.1, 0.15) is 62.1 Å². The number of hydrogen-bond acceptors (Lipinski definition) is 8. The normalized spacial score (nSPS) is 13.6. The molecule has 0 fully saturated rings. The van der Waals surface area contributed by atoms with Gasteiger partial charge in [0, 0.05) is 64.7 Å². The van der Waals surface area contributed by atoms with E-state index >= 15 is 4.39 Å². The molecule has 0 amide bonds. The molecular formula is C29H35ClFN3O7S3. The van der Waals surface area contributed by atoms with E-state index in [9.17, 15) is 31.0 Å². The maximum Gasteiger partial charge on any atom is 0.250 e. The Morgan fingerprint density at radius 1 is 1.16 bits per heavy atom. The number of nitrogens with zero attached hydrogens (tertiary/aromatic N) is 2. The largest absolute Gasteiger partial charge is 0.598 e. The summed E-state index contributed by atoms with van der Waals surface area (Å²) in [6.45, 7) is 7.82. The number of halogens is 2. The van der Waals surface area contributed by atoms with Gasteiger partial charge in [-0.25, -0.2) is 21.2 Å². The molecule has 0 spiro atoms. The molecule has 0 saturated carbocycles. The van der Waals surface area contributed by atoms with Crippen molar-refractivity contribution in [2.45, 2.75) is 45.4 Å². The lowest BCUT2D eigenvalue weighted by Crippen LogP contribution is -2.41. The number of aryl methyl sites for hydroxylation is 1. The zero-order valence-electron chi connectivity index (χ0n) is 25.1. The van der Waals surface area contributed by atoms with Crippen LogP contribution in [-0.4, -0.2) is 54.5 Å². The van der Waals surface area contributed by atoms with Crippen LogP contribution >= 0.6 is 11.6 Å². The van der Waals surface area contributed by atoms with Crippen LogP contribution in [0, 0.1) is 5.82 Å². The fourth-order valence-corrected chi connectivity index (χ4v) is 6.62. The van der Waals surface area contributed by atoms with Crippen molar-refractivity contribution >= 4 is 55.2 Å². The standard InChI is InChI=1S/C29H35ClFN3O7S3/c1-7-44(40,41)13-12-34(43(38)39)26-15-22(23(14-25(26)31)28(36)19-8-10-20(30)11-9-19)24-17-33(6)27(35)16-21(24)18(2)32-42(37)29(3,4)5/h8-11,14-18,32,43H,7,12-13H2,1-6H3/t18-,42?/m0/s1. The Morgan fingerprint density at radius 3 is 2.32 bits per heavy atom. The Balaban J connectivity index is 2.35. The van der Waals surface area contributed by atoms with Gasteiger partial charge in [-0.2, -0.15) is 0 Å². The summed E-state index contributed by atoms with van der Waals surface area (Å²) < 4.78 is 81.8. The van der Waals surface area contributed by atoms with Crippen LogP contribution in [0.25, 0.3) is 11.1 Å². The van der Waals surface area contributed by atoms with Gasteiger partial charge in [0.25, 0.3) is 5.56 Å². The van der Waals surface area contributed by atoms with Gasteiger partial charge in [0.05, 0.1) is 17.5 Å².